The van der Waals surface area contributed by atoms with E-state index < -0.39 is 12.0 Å². The highest BCUT2D eigenvalue weighted by Gasteiger charge is 2.23. The van der Waals surface area contributed by atoms with Gasteiger partial charge in [-0.3, -0.25) is 0 Å². The largest absolute Gasteiger partial charge is 0.508 e. The van der Waals surface area contributed by atoms with E-state index in [-0.39, 0.29) is 11.6 Å². The van der Waals surface area contributed by atoms with Crippen LogP contribution < -0.4 is 5.32 Å². The number of hydrogen-bond acceptors (Lipinski definition) is 4. The molecule has 0 aliphatic heterocycles. The van der Waals surface area contributed by atoms with Crippen LogP contribution in [0.1, 0.15) is 11.6 Å². The van der Waals surface area contributed by atoms with E-state index in [1.54, 1.807) is 18.2 Å². The van der Waals surface area contributed by atoms with Gasteiger partial charge in [0.2, 0.25) is 0 Å². The van der Waals surface area contributed by atoms with Gasteiger partial charge in [0.15, 0.2) is 6.04 Å². The summed E-state index contributed by atoms with van der Waals surface area (Å²) in [6, 6.07) is 11.2. The molecule has 0 saturated carbocycles. The van der Waals surface area contributed by atoms with E-state index in [0.717, 1.165) is 0 Å². The van der Waals surface area contributed by atoms with Gasteiger partial charge >= 0.3 is 5.97 Å². The standard InChI is InChI=1S/C15H14FNO3/c1-20-15(19)14(12-4-2-3-5-13(12)18)17-11-8-6-10(16)7-9-11/h2-9,14,17-18H,1H3. The Morgan fingerprint density at radius 2 is 1.85 bits per heavy atom. The van der Waals surface area contributed by atoms with Gasteiger partial charge in [0.25, 0.3) is 0 Å². The molecule has 20 heavy (non-hydrogen) atoms. The van der Waals surface area contributed by atoms with Crippen LogP contribution >= 0.6 is 0 Å². The number of phenolic OH excluding ortho intramolecular Hbond substituents is 1. The number of para-hydroxylation sites is 1. The molecule has 4 nitrogen and oxygen atoms in total. The van der Waals surface area contributed by atoms with Crippen LogP contribution in [0.25, 0.3) is 0 Å². The van der Waals surface area contributed by atoms with Crippen molar-refractivity contribution in [2.75, 3.05) is 12.4 Å². The number of rotatable bonds is 4. The average Bonchev–Trinajstić information content (AvgIpc) is 2.47. The van der Waals surface area contributed by atoms with Gasteiger partial charge in [0.05, 0.1) is 7.11 Å². The number of carbonyl (C=O) groups is 1. The van der Waals surface area contributed by atoms with Crippen LogP contribution in [-0.2, 0) is 9.53 Å². The van der Waals surface area contributed by atoms with Crippen molar-refractivity contribution in [2.45, 2.75) is 6.04 Å². The van der Waals surface area contributed by atoms with Crippen molar-refractivity contribution in [2.24, 2.45) is 0 Å². The average molecular weight is 275 g/mol. The normalized spacial score (nSPS) is 11.7. The van der Waals surface area contributed by atoms with Gasteiger partial charge in [-0.2, -0.15) is 0 Å². The number of halogens is 1. The van der Waals surface area contributed by atoms with Gasteiger partial charge < -0.3 is 15.2 Å². The number of benzene rings is 2. The SMILES string of the molecule is COC(=O)C(Nc1ccc(F)cc1)c1ccccc1O. The summed E-state index contributed by atoms with van der Waals surface area (Å²) in [4.78, 5) is 11.9. The minimum absolute atomic E-state index is 0.0162. The highest BCUT2D eigenvalue weighted by atomic mass is 19.1. The van der Waals surface area contributed by atoms with Crippen LogP contribution in [0, 0.1) is 5.82 Å². The van der Waals surface area contributed by atoms with Crippen LogP contribution in [0.3, 0.4) is 0 Å². The molecule has 2 rings (SSSR count). The number of phenols is 1. The fourth-order valence-electron chi connectivity index (χ4n) is 1.83. The number of ether oxygens (including phenoxy) is 1. The molecule has 0 fully saturated rings. The number of aromatic hydroxyl groups is 1. The van der Waals surface area contributed by atoms with Gasteiger partial charge in [0.1, 0.15) is 11.6 Å². The molecular formula is C15H14FNO3. The molecule has 1 atom stereocenters. The van der Waals surface area contributed by atoms with Gasteiger partial charge in [-0.25, -0.2) is 9.18 Å². The number of hydrogen-bond donors (Lipinski definition) is 2. The predicted molar refractivity (Wildman–Crippen MR) is 72.9 cm³/mol. The lowest BCUT2D eigenvalue weighted by molar-refractivity contribution is -0.141. The third-order valence-electron chi connectivity index (χ3n) is 2.84. The second-order valence-electron chi connectivity index (χ2n) is 4.17. The lowest BCUT2D eigenvalue weighted by atomic mass is 10.1. The molecule has 2 aromatic carbocycles. The summed E-state index contributed by atoms with van der Waals surface area (Å²) in [5.74, 6) is -0.930. The minimum atomic E-state index is -0.869. The Morgan fingerprint density at radius 1 is 1.20 bits per heavy atom. The minimum Gasteiger partial charge on any atom is -0.508 e. The summed E-state index contributed by atoms with van der Waals surface area (Å²) in [7, 11) is 1.27. The van der Waals surface area contributed by atoms with Gasteiger partial charge in [-0.05, 0) is 30.3 Å². The molecule has 0 aromatic heterocycles. The Hall–Kier alpha value is -2.56. The van der Waals surface area contributed by atoms with Crippen molar-refractivity contribution in [1.29, 1.82) is 0 Å². The van der Waals surface area contributed by atoms with Crippen LogP contribution in [0.2, 0.25) is 0 Å². The zero-order valence-electron chi connectivity index (χ0n) is 10.8. The Kier molecular flexibility index (Phi) is 4.20. The number of anilines is 1. The summed E-state index contributed by atoms with van der Waals surface area (Å²) in [6.07, 6.45) is 0. The Labute approximate surface area is 115 Å². The molecule has 104 valence electrons. The van der Waals surface area contributed by atoms with Crippen molar-refractivity contribution < 1.29 is 19.0 Å². The van der Waals surface area contributed by atoms with E-state index in [4.69, 9.17) is 4.74 Å². The molecule has 2 aromatic rings. The number of methoxy groups -OCH3 is 1. The number of nitrogens with one attached hydrogen (secondary N) is 1. The number of esters is 1. The molecule has 0 aliphatic rings. The van der Waals surface area contributed by atoms with Gasteiger partial charge in [0, 0.05) is 11.3 Å². The first kappa shape index (κ1) is 13.9. The Balaban J connectivity index is 2.31. The first-order chi connectivity index (χ1) is 9.61. The van der Waals surface area contributed by atoms with Crippen LogP contribution in [0.15, 0.2) is 48.5 Å². The summed E-state index contributed by atoms with van der Waals surface area (Å²) in [5, 5.41) is 12.8. The second kappa shape index (κ2) is 6.06. The maximum atomic E-state index is 12.9. The molecule has 0 aliphatic carbocycles. The van der Waals surface area contributed by atoms with E-state index in [9.17, 15) is 14.3 Å². The number of carbonyl (C=O) groups excluding carboxylic acids is 1. The van der Waals surface area contributed by atoms with Crippen LogP contribution in [0.4, 0.5) is 10.1 Å². The molecule has 0 spiro atoms. The quantitative estimate of drug-likeness (QED) is 0.842. The molecule has 0 radical (unpaired) electrons. The molecule has 1 unspecified atom stereocenters. The Bertz CT molecular complexity index is 598. The zero-order chi connectivity index (χ0) is 14.5. The van der Waals surface area contributed by atoms with Crippen LogP contribution in [-0.4, -0.2) is 18.2 Å². The van der Waals surface area contributed by atoms with Crippen molar-refractivity contribution in [3.05, 3.63) is 59.9 Å². The monoisotopic (exact) mass is 275 g/mol. The first-order valence-corrected chi connectivity index (χ1v) is 5.99. The lowest BCUT2D eigenvalue weighted by Crippen LogP contribution is -2.22. The molecule has 0 amide bonds. The van der Waals surface area contributed by atoms with Crippen molar-refractivity contribution in [3.63, 3.8) is 0 Å². The summed E-state index contributed by atoms with van der Waals surface area (Å²) in [5.41, 5.74) is 0.939. The fraction of sp³-hybridized carbons (Fsp3) is 0.133. The third-order valence-corrected chi connectivity index (χ3v) is 2.84. The highest BCUT2D eigenvalue weighted by Crippen LogP contribution is 2.28. The molecule has 2 N–H and O–H groups in total. The van der Waals surface area contributed by atoms with Gasteiger partial charge in [-0.15, -0.1) is 0 Å². The maximum absolute atomic E-state index is 12.9. The molecule has 5 heteroatoms. The maximum Gasteiger partial charge on any atom is 0.333 e. The molecular weight excluding hydrogens is 261 g/mol. The lowest BCUT2D eigenvalue weighted by Gasteiger charge is -2.19. The zero-order valence-corrected chi connectivity index (χ0v) is 10.8. The third kappa shape index (κ3) is 3.06. The fourth-order valence-corrected chi connectivity index (χ4v) is 1.83. The summed E-state index contributed by atoms with van der Waals surface area (Å²) in [6.45, 7) is 0. The summed E-state index contributed by atoms with van der Waals surface area (Å²) < 4.78 is 17.6. The van der Waals surface area contributed by atoms with Crippen molar-refractivity contribution in [3.8, 4) is 5.75 Å². The van der Waals surface area contributed by atoms with E-state index in [2.05, 4.69) is 5.32 Å². The van der Waals surface area contributed by atoms with E-state index >= 15 is 0 Å². The van der Waals surface area contributed by atoms with E-state index in [1.165, 1.54) is 37.4 Å². The molecule has 0 heterocycles. The molecule has 0 saturated heterocycles. The van der Waals surface area contributed by atoms with E-state index in [1.807, 2.05) is 0 Å². The topological polar surface area (TPSA) is 58.6 Å². The van der Waals surface area contributed by atoms with Crippen molar-refractivity contribution in [1.82, 2.24) is 0 Å². The van der Waals surface area contributed by atoms with Crippen LogP contribution in [0.5, 0.6) is 5.75 Å². The smallest absolute Gasteiger partial charge is 0.333 e. The van der Waals surface area contributed by atoms with Crippen molar-refractivity contribution >= 4 is 11.7 Å². The highest BCUT2D eigenvalue weighted by molar-refractivity contribution is 5.82. The summed E-state index contributed by atoms with van der Waals surface area (Å²) >= 11 is 0. The van der Waals surface area contributed by atoms with Gasteiger partial charge in [-0.1, -0.05) is 18.2 Å². The van der Waals surface area contributed by atoms with E-state index in [0.29, 0.717) is 11.3 Å². The predicted octanol–water partition coefficient (Wildman–Crippen LogP) is 2.86. The Morgan fingerprint density at radius 3 is 2.45 bits per heavy atom. The molecule has 0 bridgehead atoms. The first-order valence-electron chi connectivity index (χ1n) is 5.99. The second-order valence-corrected chi connectivity index (χ2v) is 4.17.